The molecule has 0 radical (unpaired) electrons. The summed E-state index contributed by atoms with van der Waals surface area (Å²) in [6, 6.07) is -0.916. The van der Waals surface area contributed by atoms with Crippen LogP contribution in [0.2, 0.25) is 0 Å². The fourth-order valence-electron chi connectivity index (χ4n) is 8.16. The number of nitrogens with zero attached hydrogens (tertiary/aromatic N) is 1. The molecule has 0 saturated carbocycles. The molecule has 0 saturated heterocycles. The SMILES string of the molecule is CC/C=C\C/C=C\C/C=C\C/C=C\C/C=C\C/C=C\C/C=C\CCCCCCCCCCCCCCCCCC(=O)NC(COP(=O)([O-])OCC[N+](C)(C)C)C(O)/C=C/CC/C=C/CC/C=C/CCCCCCCC. The molecule has 3 atom stereocenters. The molecule has 430 valence electrons. The van der Waals surface area contributed by atoms with E-state index in [-0.39, 0.29) is 12.5 Å². The fourth-order valence-corrected chi connectivity index (χ4v) is 8.89. The van der Waals surface area contributed by atoms with Gasteiger partial charge in [0.05, 0.1) is 39.9 Å². The first-order valence-corrected chi connectivity index (χ1v) is 31.9. The Bertz CT molecular complexity index is 1630. The highest BCUT2D eigenvalue weighted by Gasteiger charge is 2.23. The van der Waals surface area contributed by atoms with Crippen LogP contribution in [0.4, 0.5) is 0 Å². The van der Waals surface area contributed by atoms with Gasteiger partial charge < -0.3 is 28.8 Å². The molecule has 2 N–H and O–H groups in total. The number of phosphoric ester groups is 1. The van der Waals surface area contributed by atoms with E-state index in [1.165, 1.54) is 128 Å². The number of aliphatic hydroxyl groups excluding tert-OH is 1. The number of amides is 1. The van der Waals surface area contributed by atoms with Gasteiger partial charge in [-0.1, -0.05) is 251 Å². The van der Waals surface area contributed by atoms with Gasteiger partial charge in [-0.3, -0.25) is 9.36 Å². The minimum Gasteiger partial charge on any atom is -0.756 e. The van der Waals surface area contributed by atoms with Gasteiger partial charge in [0.2, 0.25) is 5.91 Å². The first-order chi connectivity index (χ1) is 36.5. The summed E-state index contributed by atoms with van der Waals surface area (Å²) in [4.78, 5) is 25.5. The minimum atomic E-state index is -4.61. The average molecular weight is 1060 g/mol. The maximum absolute atomic E-state index is 13.0. The van der Waals surface area contributed by atoms with Crippen LogP contribution < -0.4 is 10.2 Å². The molecule has 0 rings (SSSR count). The number of likely N-dealkylation sites (N-methyl/N-ethyl adjacent to an activating group) is 1. The molecule has 3 unspecified atom stereocenters. The van der Waals surface area contributed by atoms with Crippen molar-refractivity contribution in [1.29, 1.82) is 0 Å². The Morgan fingerprint density at radius 1 is 0.480 bits per heavy atom. The highest BCUT2D eigenvalue weighted by atomic mass is 31.2. The molecule has 0 aromatic carbocycles. The lowest BCUT2D eigenvalue weighted by molar-refractivity contribution is -0.870. The van der Waals surface area contributed by atoms with Crippen LogP contribution in [-0.2, 0) is 18.4 Å². The van der Waals surface area contributed by atoms with E-state index in [2.05, 4.69) is 129 Å². The number of aliphatic hydroxyl groups is 1. The van der Waals surface area contributed by atoms with Crippen molar-refractivity contribution in [2.24, 2.45) is 0 Å². The van der Waals surface area contributed by atoms with E-state index in [9.17, 15) is 19.4 Å². The third kappa shape index (κ3) is 58.4. The number of hydrogen-bond acceptors (Lipinski definition) is 6. The number of hydrogen-bond donors (Lipinski definition) is 2. The zero-order chi connectivity index (χ0) is 54.9. The van der Waals surface area contributed by atoms with Gasteiger partial charge in [0.15, 0.2) is 0 Å². The molecule has 9 heteroatoms. The summed E-state index contributed by atoms with van der Waals surface area (Å²) in [5, 5.41) is 13.8. The number of unbranched alkanes of at least 4 members (excludes halogenated alkanes) is 23. The molecule has 0 bridgehead atoms. The van der Waals surface area contributed by atoms with Crippen molar-refractivity contribution in [2.45, 2.75) is 251 Å². The molecule has 0 aliphatic heterocycles. The van der Waals surface area contributed by atoms with Gasteiger partial charge in [-0.15, -0.1) is 0 Å². The van der Waals surface area contributed by atoms with Crippen LogP contribution in [0.1, 0.15) is 239 Å². The first-order valence-electron chi connectivity index (χ1n) is 30.4. The topological polar surface area (TPSA) is 108 Å². The highest BCUT2D eigenvalue weighted by Crippen LogP contribution is 2.38. The smallest absolute Gasteiger partial charge is 0.268 e. The molecule has 0 aliphatic rings. The Balaban J connectivity index is 4.11. The summed E-state index contributed by atoms with van der Waals surface area (Å²) in [5.74, 6) is -0.216. The molecule has 0 aliphatic carbocycles. The number of rotatable bonds is 54. The summed E-state index contributed by atoms with van der Waals surface area (Å²) < 4.78 is 23.3. The second kappa shape index (κ2) is 55.6. The van der Waals surface area contributed by atoms with E-state index in [4.69, 9.17) is 9.05 Å². The molecule has 0 aromatic heterocycles. The summed E-state index contributed by atoms with van der Waals surface area (Å²) in [5.41, 5.74) is 0. The van der Waals surface area contributed by atoms with Crippen LogP contribution in [0.25, 0.3) is 0 Å². The number of allylic oxidation sites excluding steroid dienone is 19. The lowest BCUT2D eigenvalue weighted by Crippen LogP contribution is -2.45. The normalized spacial score (nSPS) is 14.7. The number of nitrogens with one attached hydrogen (secondary N) is 1. The second-order valence-corrected chi connectivity index (χ2v) is 22.7. The predicted molar refractivity (Wildman–Crippen MR) is 325 cm³/mol. The van der Waals surface area contributed by atoms with Crippen LogP contribution >= 0.6 is 7.82 Å². The molecule has 0 aromatic rings. The van der Waals surface area contributed by atoms with E-state index >= 15 is 0 Å². The Labute approximate surface area is 463 Å². The van der Waals surface area contributed by atoms with Crippen molar-refractivity contribution in [1.82, 2.24) is 5.32 Å². The van der Waals surface area contributed by atoms with Crippen LogP contribution in [0.5, 0.6) is 0 Å². The first kappa shape index (κ1) is 71.9. The monoisotopic (exact) mass is 1060 g/mol. The summed E-state index contributed by atoms with van der Waals surface area (Å²) in [6.07, 6.45) is 82.9. The highest BCUT2D eigenvalue weighted by molar-refractivity contribution is 7.45. The Kier molecular flexibility index (Phi) is 53.3. The number of carbonyl (C=O) groups excluding carboxylic acids is 1. The number of carbonyl (C=O) groups is 1. The molecule has 75 heavy (non-hydrogen) atoms. The lowest BCUT2D eigenvalue weighted by Gasteiger charge is -2.29. The van der Waals surface area contributed by atoms with Crippen LogP contribution in [0, 0.1) is 0 Å². The van der Waals surface area contributed by atoms with E-state index in [0.717, 1.165) is 89.9 Å². The second-order valence-electron chi connectivity index (χ2n) is 21.3. The quantitative estimate of drug-likeness (QED) is 0.0272. The van der Waals surface area contributed by atoms with E-state index in [1.54, 1.807) is 6.08 Å². The van der Waals surface area contributed by atoms with Gasteiger partial charge in [0, 0.05) is 6.42 Å². The molecule has 1 amide bonds. The van der Waals surface area contributed by atoms with Crippen molar-refractivity contribution in [3.8, 4) is 0 Å². The van der Waals surface area contributed by atoms with Gasteiger partial charge in [-0.2, -0.15) is 0 Å². The standard InChI is InChI=1S/C66H115N2O6P/c1-6-8-10-12-14-16-18-20-22-24-25-26-27-28-29-30-31-32-33-34-35-36-37-38-39-40-41-42-43-44-46-48-50-52-54-56-58-60-66(70)67-64(63-74-75(71,72)73-62-61-68(3,4)5)65(69)59-57-55-53-51-49-47-45-23-21-19-17-15-13-11-9-7-2/h8,10,14,16,20-23,25-26,28-29,31-32,34-35,49,51,57,59,64-65,69H,6-7,9,11-13,15,17-19,24,27,30,33,36-48,50,52-56,58,60-63H2,1-5H3,(H-,67,70,71,72)/b10-8-,16-14-,22-20-,23-21+,26-25-,29-28-,32-31-,35-34-,51-49+,59-57+. The molecule has 8 nitrogen and oxygen atoms in total. The fraction of sp³-hybridized carbons (Fsp3) is 0.682. The number of quaternary nitrogens is 1. The minimum absolute atomic E-state index is 0.0135. The van der Waals surface area contributed by atoms with Crippen molar-refractivity contribution in [3.05, 3.63) is 122 Å². The van der Waals surface area contributed by atoms with E-state index in [1.807, 2.05) is 27.2 Å². The lowest BCUT2D eigenvalue weighted by atomic mass is 10.0. The van der Waals surface area contributed by atoms with Gasteiger partial charge in [0.1, 0.15) is 13.2 Å². The van der Waals surface area contributed by atoms with Gasteiger partial charge >= 0.3 is 0 Å². The van der Waals surface area contributed by atoms with Crippen molar-refractivity contribution < 1.29 is 32.9 Å². The summed E-state index contributed by atoms with van der Waals surface area (Å²) in [7, 11) is 1.22. The van der Waals surface area contributed by atoms with Crippen LogP contribution in [-0.4, -0.2) is 68.5 Å². The summed E-state index contributed by atoms with van der Waals surface area (Å²) in [6.45, 7) is 4.49. The zero-order valence-corrected chi connectivity index (χ0v) is 49.8. The summed E-state index contributed by atoms with van der Waals surface area (Å²) >= 11 is 0. The molecule has 0 fully saturated rings. The van der Waals surface area contributed by atoms with E-state index < -0.39 is 26.6 Å². The molecule has 0 spiro atoms. The third-order valence-corrected chi connectivity index (χ3v) is 13.8. The largest absolute Gasteiger partial charge is 0.756 e. The van der Waals surface area contributed by atoms with Crippen molar-refractivity contribution in [2.75, 3.05) is 40.9 Å². The third-order valence-electron chi connectivity index (χ3n) is 12.9. The Morgan fingerprint density at radius 3 is 1.24 bits per heavy atom. The predicted octanol–water partition coefficient (Wildman–Crippen LogP) is 18.3. The zero-order valence-electron chi connectivity index (χ0n) is 49.0. The van der Waals surface area contributed by atoms with Crippen molar-refractivity contribution in [3.63, 3.8) is 0 Å². The molecular weight excluding hydrogens is 948 g/mol. The van der Waals surface area contributed by atoms with E-state index in [0.29, 0.717) is 17.4 Å². The molecule has 0 heterocycles. The van der Waals surface area contributed by atoms with Gasteiger partial charge in [0.25, 0.3) is 7.82 Å². The van der Waals surface area contributed by atoms with Crippen LogP contribution in [0.3, 0.4) is 0 Å². The number of phosphoric acid groups is 1. The van der Waals surface area contributed by atoms with Crippen molar-refractivity contribution >= 4 is 13.7 Å². The van der Waals surface area contributed by atoms with Gasteiger partial charge in [-0.05, 0) is 103 Å². The van der Waals surface area contributed by atoms with Crippen LogP contribution in [0.15, 0.2) is 122 Å². The van der Waals surface area contributed by atoms with Gasteiger partial charge in [-0.25, -0.2) is 0 Å². The molecular formula is C66H115N2O6P. The average Bonchev–Trinajstić information content (AvgIpc) is 3.37. The Morgan fingerprint density at radius 2 is 0.827 bits per heavy atom. The maximum atomic E-state index is 13.0. The Hall–Kier alpha value is -3.10. The maximum Gasteiger partial charge on any atom is 0.268 e.